The summed E-state index contributed by atoms with van der Waals surface area (Å²) in [4.78, 5) is 27.5. The molecule has 0 atom stereocenters. The van der Waals surface area contributed by atoms with Crippen molar-refractivity contribution in [2.75, 3.05) is 17.7 Å². The molecule has 0 spiro atoms. The first kappa shape index (κ1) is 19.4. The van der Waals surface area contributed by atoms with E-state index in [0.29, 0.717) is 17.1 Å². The van der Waals surface area contributed by atoms with Crippen molar-refractivity contribution in [1.29, 1.82) is 0 Å². The van der Waals surface area contributed by atoms with Gasteiger partial charge in [-0.05, 0) is 30.3 Å². The summed E-state index contributed by atoms with van der Waals surface area (Å²) < 4.78 is 33.2. The normalized spacial score (nSPS) is 10.4. The Kier molecular flexibility index (Phi) is 5.65. The number of thiazole rings is 1. The predicted octanol–water partition coefficient (Wildman–Crippen LogP) is 4.31. The van der Waals surface area contributed by atoms with E-state index in [1.165, 1.54) is 38.3 Å². The first-order valence-corrected chi connectivity index (χ1v) is 8.93. The highest BCUT2D eigenvalue weighted by atomic mass is 32.1. The van der Waals surface area contributed by atoms with Crippen LogP contribution in [0.1, 0.15) is 17.3 Å². The third kappa shape index (κ3) is 4.32. The van der Waals surface area contributed by atoms with Crippen LogP contribution in [-0.4, -0.2) is 23.9 Å². The number of anilines is 2. The average molecular weight is 403 g/mol. The van der Waals surface area contributed by atoms with Crippen molar-refractivity contribution in [1.82, 2.24) is 4.98 Å². The van der Waals surface area contributed by atoms with E-state index in [1.54, 1.807) is 11.4 Å². The third-order valence-corrected chi connectivity index (χ3v) is 4.47. The third-order valence-electron chi connectivity index (χ3n) is 3.71. The van der Waals surface area contributed by atoms with Gasteiger partial charge in [-0.25, -0.2) is 13.8 Å². The van der Waals surface area contributed by atoms with Gasteiger partial charge < -0.3 is 10.1 Å². The fraction of sp³-hybridized carbons (Fsp3) is 0.105. The van der Waals surface area contributed by atoms with E-state index in [-0.39, 0.29) is 22.2 Å². The van der Waals surface area contributed by atoms with Crippen LogP contribution in [0.3, 0.4) is 0 Å². The molecular formula is C19H15F2N3O3S. The summed E-state index contributed by atoms with van der Waals surface area (Å²) in [6, 6.07) is 8.08. The number of rotatable bonds is 5. The zero-order valence-electron chi connectivity index (χ0n) is 14.9. The summed E-state index contributed by atoms with van der Waals surface area (Å²) in [6.07, 6.45) is 0. The zero-order chi connectivity index (χ0) is 20.3. The van der Waals surface area contributed by atoms with Gasteiger partial charge in [0.15, 0.2) is 5.13 Å². The lowest BCUT2D eigenvalue weighted by Crippen LogP contribution is -2.13. The largest absolute Gasteiger partial charge is 0.497 e. The van der Waals surface area contributed by atoms with Gasteiger partial charge >= 0.3 is 0 Å². The number of aromatic nitrogens is 1. The minimum atomic E-state index is -0.728. The Bertz CT molecular complexity index is 1050. The minimum Gasteiger partial charge on any atom is -0.497 e. The molecule has 9 heteroatoms. The molecule has 0 radical (unpaired) electrons. The molecule has 0 fully saturated rings. The van der Waals surface area contributed by atoms with Crippen LogP contribution in [0.5, 0.6) is 5.75 Å². The SMILES string of the molecule is COc1ccc(C(=O)Nc2nc(-c3ccc(NC(C)=O)cc3F)cs2)c(F)c1. The van der Waals surface area contributed by atoms with Crippen molar-refractivity contribution in [2.45, 2.75) is 6.92 Å². The highest BCUT2D eigenvalue weighted by Gasteiger charge is 2.16. The Morgan fingerprint density at radius 2 is 1.86 bits per heavy atom. The van der Waals surface area contributed by atoms with Crippen LogP contribution in [0.25, 0.3) is 11.3 Å². The molecule has 0 aliphatic heterocycles. The standard InChI is InChI=1S/C19H15F2N3O3S/c1-10(25)22-11-3-5-13(15(20)7-11)17-9-28-19(23-17)24-18(26)14-6-4-12(27-2)8-16(14)21/h3-9H,1-2H3,(H,22,25)(H,23,24,26). The topological polar surface area (TPSA) is 80.3 Å². The van der Waals surface area contributed by atoms with Crippen molar-refractivity contribution in [3.05, 3.63) is 59.0 Å². The van der Waals surface area contributed by atoms with Gasteiger partial charge in [0.25, 0.3) is 5.91 Å². The maximum atomic E-state index is 14.3. The van der Waals surface area contributed by atoms with E-state index in [2.05, 4.69) is 15.6 Å². The molecule has 28 heavy (non-hydrogen) atoms. The van der Waals surface area contributed by atoms with Gasteiger partial charge in [0.2, 0.25) is 5.91 Å². The Hall–Kier alpha value is -3.33. The lowest BCUT2D eigenvalue weighted by atomic mass is 10.1. The number of ether oxygens (including phenoxy) is 1. The van der Waals surface area contributed by atoms with Crippen molar-refractivity contribution >= 4 is 34.0 Å². The first-order chi connectivity index (χ1) is 13.4. The maximum absolute atomic E-state index is 14.3. The molecule has 1 aromatic heterocycles. The molecule has 2 N–H and O–H groups in total. The molecule has 0 saturated heterocycles. The second kappa shape index (κ2) is 8.13. The predicted molar refractivity (Wildman–Crippen MR) is 103 cm³/mol. The fourth-order valence-corrected chi connectivity index (χ4v) is 3.14. The Labute approximate surface area is 163 Å². The minimum absolute atomic E-state index is 0.164. The highest BCUT2D eigenvalue weighted by molar-refractivity contribution is 7.14. The average Bonchev–Trinajstić information content (AvgIpc) is 3.09. The number of halogens is 2. The van der Waals surface area contributed by atoms with E-state index in [9.17, 15) is 18.4 Å². The number of hydrogen-bond acceptors (Lipinski definition) is 5. The van der Waals surface area contributed by atoms with E-state index >= 15 is 0 Å². The Balaban J connectivity index is 1.77. The molecule has 0 saturated carbocycles. The Morgan fingerprint density at radius 1 is 1.07 bits per heavy atom. The summed E-state index contributed by atoms with van der Waals surface area (Å²) in [5.74, 6) is -1.99. The van der Waals surface area contributed by atoms with Crippen LogP contribution in [0, 0.1) is 11.6 Å². The molecule has 2 amide bonds. The molecule has 144 valence electrons. The monoisotopic (exact) mass is 403 g/mol. The van der Waals surface area contributed by atoms with Gasteiger partial charge in [0, 0.05) is 29.6 Å². The lowest BCUT2D eigenvalue weighted by Gasteiger charge is -2.06. The number of nitrogens with one attached hydrogen (secondary N) is 2. The molecular weight excluding hydrogens is 388 g/mol. The van der Waals surface area contributed by atoms with Crippen LogP contribution < -0.4 is 15.4 Å². The number of benzene rings is 2. The van der Waals surface area contributed by atoms with Crippen LogP contribution in [0.2, 0.25) is 0 Å². The van der Waals surface area contributed by atoms with Crippen LogP contribution >= 0.6 is 11.3 Å². The smallest absolute Gasteiger partial charge is 0.260 e. The van der Waals surface area contributed by atoms with Crippen molar-refractivity contribution in [2.24, 2.45) is 0 Å². The number of hydrogen-bond donors (Lipinski definition) is 2. The first-order valence-electron chi connectivity index (χ1n) is 8.05. The molecule has 0 bridgehead atoms. The second-order valence-electron chi connectivity index (χ2n) is 5.71. The summed E-state index contributed by atoms with van der Waals surface area (Å²) in [7, 11) is 1.40. The highest BCUT2D eigenvalue weighted by Crippen LogP contribution is 2.29. The maximum Gasteiger partial charge on any atom is 0.260 e. The Morgan fingerprint density at radius 3 is 2.50 bits per heavy atom. The number of carbonyl (C=O) groups excluding carboxylic acids is 2. The summed E-state index contributed by atoms with van der Waals surface area (Å²) in [6.45, 7) is 1.33. The van der Waals surface area contributed by atoms with Gasteiger partial charge in [-0.1, -0.05) is 0 Å². The second-order valence-corrected chi connectivity index (χ2v) is 6.57. The number of amides is 2. The van der Waals surface area contributed by atoms with Gasteiger partial charge in [-0.3, -0.25) is 14.9 Å². The van der Waals surface area contributed by atoms with Crippen LogP contribution in [0.15, 0.2) is 41.8 Å². The number of methoxy groups -OCH3 is 1. The summed E-state index contributed by atoms with van der Waals surface area (Å²) >= 11 is 1.08. The summed E-state index contributed by atoms with van der Waals surface area (Å²) in [5, 5.41) is 6.74. The molecule has 0 aliphatic carbocycles. The van der Waals surface area contributed by atoms with Crippen molar-refractivity contribution < 1.29 is 23.1 Å². The van der Waals surface area contributed by atoms with Crippen molar-refractivity contribution in [3.63, 3.8) is 0 Å². The number of carbonyl (C=O) groups is 2. The molecule has 2 aromatic carbocycles. The zero-order valence-corrected chi connectivity index (χ0v) is 15.7. The quantitative estimate of drug-likeness (QED) is 0.665. The van der Waals surface area contributed by atoms with Gasteiger partial charge in [-0.15, -0.1) is 11.3 Å². The molecule has 6 nitrogen and oxygen atoms in total. The molecule has 0 aliphatic rings. The van der Waals surface area contributed by atoms with Gasteiger partial charge in [0.05, 0.1) is 18.4 Å². The van der Waals surface area contributed by atoms with E-state index in [4.69, 9.17) is 4.74 Å². The lowest BCUT2D eigenvalue weighted by molar-refractivity contribution is -0.114. The van der Waals surface area contributed by atoms with E-state index < -0.39 is 17.5 Å². The van der Waals surface area contributed by atoms with Gasteiger partial charge in [-0.2, -0.15) is 0 Å². The van der Waals surface area contributed by atoms with Gasteiger partial charge in [0.1, 0.15) is 17.4 Å². The van der Waals surface area contributed by atoms with Crippen molar-refractivity contribution in [3.8, 4) is 17.0 Å². The van der Waals surface area contributed by atoms with Crippen LogP contribution in [-0.2, 0) is 4.79 Å². The molecule has 0 unspecified atom stereocenters. The van der Waals surface area contributed by atoms with Crippen LogP contribution in [0.4, 0.5) is 19.6 Å². The molecule has 1 heterocycles. The number of nitrogens with zero attached hydrogens (tertiary/aromatic N) is 1. The van der Waals surface area contributed by atoms with E-state index in [1.807, 2.05) is 0 Å². The fourth-order valence-electron chi connectivity index (χ4n) is 2.43. The van der Waals surface area contributed by atoms with E-state index in [0.717, 1.165) is 17.4 Å². The molecule has 3 rings (SSSR count). The molecule has 3 aromatic rings. The summed E-state index contributed by atoms with van der Waals surface area (Å²) in [5.41, 5.74) is 0.680.